The minimum atomic E-state index is -0.762. The average Bonchev–Trinajstić information content (AvgIpc) is 3.28. The number of hydrogen-bond donors (Lipinski definition) is 0. The molecular weight excluding hydrogens is 793 g/mol. The van der Waals surface area contributed by atoms with Crippen LogP contribution in [0.25, 0.3) is 0 Å². The van der Waals surface area contributed by atoms with Gasteiger partial charge in [-0.15, -0.1) is 0 Å². The molecule has 0 heterocycles. The normalized spacial score (nSPS) is 12.5. The first-order chi connectivity index (χ1) is 31.3. The summed E-state index contributed by atoms with van der Waals surface area (Å²) in [4.78, 5) is 38.0. The molecule has 0 fully saturated rings. The van der Waals surface area contributed by atoms with E-state index >= 15 is 0 Å². The predicted molar refractivity (Wildman–Crippen MR) is 275 cm³/mol. The van der Waals surface area contributed by atoms with Gasteiger partial charge in [0.25, 0.3) is 0 Å². The van der Waals surface area contributed by atoms with Crippen molar-refractivity contribution in [1.82, 2.24) is 0 Å². The second-order valence-corrected chi connectivity index (χ2v) is 20.6. The van der Waals surface area contributed by atoms with Crippen molar-refractivity contribution in [2.24, 2.45) is 11.8 Å². The number of esters is 3. The monoisotopic (exact) mass is 905 g/mol. The lowest BCUT2D eigenvalue weighted by atomic mass is 9.99. The van der Waals surface area contributed by atoms with E-state index in [-0.39, 0.29) is 31.1 Å². The molecule has 0 aromatic rings. The van der Waals surface area contributed by atoms with Crippen LogP contribution in [0.4, 0.5) is 0 Å². The van der Waals surface area contributed by atoms with E-state index in [2.05, 4.69) is 34.6 Å². The molecular formula is C58H112O6. The first kappa shape index (κ1) is 62.4. The van der Waals surface area contributed by atoms with Crippen molar-refractivity contribution in [3.63, 3.8) is 0 Å². The highest BCUT2D eigenvalue weighted by Gasteiger charge is 2.19. The van der Waals surface area contributed by atoms with E-state index in [1.54, 1.807) is 0 Å². The predicted octanol–water partition coefficient (Wildman–Crippen LogP) is 18.9. The number of carbonyl (C=O) groups is 3. The molecule has 0 aliphatic rings. The SMILES string of the molecule is CCCCCCCCCCCCCCC(=O)O[C@H](COC(=O)CCCCCCCCCCCCCCCCCCCCC(C)CC)COC(=O)CCCCCCCCCCCC(C)C. The Morgan fingerprint density at radius 1 is 0.328 bits per heavy atom. The molecule has 0 radical (unpaired) electrons. The molecule has 0 amide bonds. The maximum absolute atomic E-state index is 12.8. The van der Waals surface area contributed by atoms with Gasteiger partial charge in [-0.3, -0.25) is 14.4 Å². The molecule has 1 unspecified atom stereocenters. The Balaban J connectivity index is 4.20. The van der Waals surface area contributed by atoms with Crippen LogP contribution in [-0.4, -0.2) is 37.2 Å². The summed E-state index contributed by atoms with van der Waals surface area (Å²) >= 11 is 0. The quantitative estimate of drug-likeness (QED) is 0.0344. The fourth-order valence-corrected chi connectivity index (χ4v) is 8.84. The van der Waals surface area contributed by atoms with Gasteiger partial charge in [0.05, 0.1) is 0 Å². The molecule has 0 aliphatic carbocycles. The van der Waals surface area contributed by atoms with Crippen molar-refractivity contribution in [2.75, 3.05) is 13.2 Å². The number of rotatable bonds is 52. The molecule has 0 spiro atoms. The molecule has 0 aromatic carbocycles. The summed E-state index contributed by atoms with van der Waals surface area (Å²) in [5, 5.41) is 0. The van der Waals surface area contributed by atoms with Gasteiger partial charge in [0, 0.05) is 19.3 Å². The molecule has 6 heteroatoms. The van der Waals surface area contributed by atoms with Crippen molar-refractivity contribution in [1.29, 1.82) is 0 Å². The van der Waals surface area contributed by atoms with Gasteiger partial charge in [0.2, 0.25) is 0 Å². The number of ether oxygens (including phenoxy) is 3. The second kappa shape index (κ2) is 50.8. The van der Waals surface area contributed by atoms with Gasteiger partial charge in [-0.25, -0.2) is 0 Å². The lowest BCUT2D eigenvalue weighted by molar-refractivity contribution is -0.167. The molecule has 0 aliphatic heterocycles. The molecule has 0 saturated carbocycles. The van der Waals surface area contributed by atoms with Crippen LogP contribution in [0.2, 0.25) is 0 Å². The zero-order valence-electron chi connectivity index (χ0n) is 43.9. The minimum Gasteiger partial charge on any atom is -0.462 e. The van der Waals surface area contributed by atoms with E-state index in [1.165, 1.54) is 212 Å². The smallest absolute Gasteiger partial charge is 0.306 e. The van der Waals surface area contributed by atoms with Crippen LogP contribution in [-0.2, 0) is 28.6 Å². The van der Waals surface area contributed by atoms with Gasteiger partial charge in [0.1, 0.15) is 13.2 Å². The maximum Gasteiger partial charge on any atom is 0.306 e. The van der Waals surface area contributed by atoms with Crippen LogP contribution in [0.3, 0.4) is 0 Å². The fraction of sp³-hybridized carbons (Fsp3) is 0.948. The zero-order valence-corrected chi connectivity index (χ0v) is 43.9. The Morgan fingerprint density at radius 2 is 0.594 bits per heavy atom. The topological polar surface area (TPSA) is 78.9 Å². The van der Waals surface area contributed by atoms with E-state index < -0.39 is 6.10 Å². The summed E-state index contributed by atoms with van der Waals surface area (Å²) in [5.41, 5.74) is 0. The van der Waals surface area contributed by atoms with Gasteiger partial charge in [0.15, 0.2) is 6.10 Å². The number of unbranched alkanes of at least 4 members (excludes halogenated alkanes) is 36. The Kier molecular flexibility index (Phi) is 49.6. The lowest BCUT2D eigenvalue weighted by Gasteiger charge is -2.18. The Bertz CT molecular complexity index is 980. The van der Waals surface area contributed by atoms with Crippen molar-refractivity contribution in [2.45, 2.75) is 330 Å². The van der Waals surface area contributed by atoms with E-state index in [0.717, 1.165) is 69.6 Å². The van der Waals surface area contributed by atoms with Crippen molar-refractivity contribution in [3.05, 3.63) is 0 Å². The average molecular weight is 906 g/mol. The largest absolute Gasteiger partial charge is 0.462 e. The second-order valence-electron chi connectivity index (χ2n) is 20.6. The molecule has 64 heavy (non-hydrogen) atoms. The zero-order chi connectivity index (χ0) is 46.8. The van der Waals surface area contributed by atoms with E-state index in [9.17, 15) is 14.4 Å². The molecule has 0 saturated heterocycles. The highest BCUT2D eigenvalue weighted by atomic mass is 16.6. The fourth-order valence-electron chi connectivity index (χ4n) is 8.84. The Morgan fingerprint density at radius 3 is 0.891 bits per heavy atom. The van der Waals surface area contributed by atoms with Crippen molar-refractivity contribution >= 4 is 17.9 Å². The summed E-state index contributed by atoms with van der Waals surface area (Å²) < 4.78 is 16.9. The minimum absolute atomic E-state index is 0.0630. The van der Waals surface area contributed by atoms with Crippen LogP contribution in [0.5, 0.6) is 0 Å². The van der Waals surface area contributed by atoms with Gasteiger partial charge < -0.3 is 14.2 Å². The molecule has 2 atom stereocenters. The number of hydrogen-bond acceptors (Lipinski definition) is 6. The lowest BCUT2D eigenvalue weighted by Crippen LogP contribution is -2.30. The third kappa shape index (κ3) is 49.8. The molecule has 0 rings (SSSR count). The van der Waals surface area contributed by atoms with Gasteiger partial charge >= 0.3 is 17.9 Å². The van der Waals surface area contributed by atoms with E-state index in [4.69, 9.17) is 14.2 Å². The third-order valence-corrected chi connectivity index (χ3v) is 13.6. The third-order valence-electron chi connectivity index (χ3n) is 13.6. The molecule has 380 valence electrons. The van der Waals surface area contributed by atoms with Crippen LogP contribution >= 0.6 is 0 Å². The van der Waals surface area contributed by atoms with Crippen molar-refractivity contribution in [3.8, 4) is 0 Å². The summed E-state index contributed by atoms with van der Waals surface area (Å²) in [6.07, 6.45) is 53.8. The van der Waals surface area contributed by atoms with Crippen LogP contribution < -0.4 is 0 Å². The summed E-state index contributed by atoms with van der Waals surface area (Å²) in [5.74, 6) is 0.876. The highest BCUT2D eigenvalue weighted by Crippen LogP contribution is 2.18. The Labute approximate surface area is 399 Å². The maximum atomic E-state index is 12.8. The summed E-state index contributed by atoms with van der Waals surface area (Å²) in [6.45, 7) is 11.4. The van der Waals surface area contributed by atoms with Gasteiger partial charge in [-0.1, -0.05) is 285 Å². The van der Waals surface area contributed by atoms with Gasteiger partial charge in [-0.2, -0.15) is 0 Å². The van der Waals surface area contributed by atoms with Crippen molar-refractivity contribution < 1.29 is 28.6 Å². The first-order valence-electron chi connectivity index (χ1n) is 28.8. The summed E-state index contributed by atoms with van der Waals surface area (Å²) in [7, 11) is 0. The van der Waals surface area contributed by atoms with E-state index in [1.807, 2.05) is 0 Å². The van der Waals surface area contributed by atoms with Crippen LogP contribution in [0, 0.1) is 11.8 Å². The number of carbonyl (C=O) groups excluding carboxylic acids is 3. The molecule has 0 aromatic heterocycles. The first-order valence-corrected chi connectivity index (χ1v) is 28.8. The highest BCUT2D eigenvalue weighted by molar-refractivity contribution is 5.71. The standard InChI is InChI=1S/C58H112O6/c1-6-8-9-10-11-12-13-23-29-35-40-45-50-58(61)64-55(52-63-57(60)49-44-39-34-30-25-26-31-36-41-46-53(3)4)51-62-56(59)48-43-38-33-28-24-21-19-17-15-14-16-18-20-22-27-32-37-42-47-54(5)7-2/h53-55H,6-52H2,1-5H3/t54?,55-/m1/s1. The van der Waals surface area contributed by atoms with Crippen LogP contribution in [0.15, 0.2) is 0 Å². The summed E-state index contributed by atoms with van der Waals surface area (Å²) in [6, 6.07) is 0. The molecule has 0 N–H and O–H groups in total. The van der Waals surface area contributed by atoms with Gasteiger partial charge in [-0.05, 0) is 31.1 Å². The van der Waals surface area contributed by atoms with Crippen LogP contribution in [0.1, 0.15) is 324 Å². The molecule has 6 nitrogen and oxygen atoms in total. The molecule has 0 bridgehead atoms. The Hall–Kier alpha value is -1.59. The van der Waals surface area contributed by atoms with E-state index in [0.29, 0.717) is 19.3 Å².